The molecule has 0 spiro atoms. The van der Waals surface area contributed by atoms with Gasteiger partial charge >= 0.3 is 0 Å². The molecule has 27 heavy (non-hydrogen) atoms. The number of amides is 1. The molecule has 0 aliphatic carbocycles. The van der Waals surface area contributed by atoms with Gasteiger partial charge in [0.1, 0.15) is 6.17 Å². The minimum Gasteiger partial charge on any atom is -0.339 e. The molecule has 0 saturated heterocycles. The summed E-state index contributed by atoms with van der Waals surface area (Å²) in [7, 11) is 0. The highest BCUT2D eigenvalue weighted by Crippen LogP contribution is 2.29. The Hall–Kier alpha value is -1.79. The third-order valence-electron chi connectivity index (χ3n) is 3.51. The number of anilines is 1. The summed E-state index contributed by atoms with van der Waals surface area (Å²) in [5.74, 6) is -0.429. The van der Waals surface area contributed by atoms with Crippen LogP contribution in [0.1, 0.15) is 11.1 Å². The van der Waals surface area contributed by atoms with E-state index in [1.54, 1.807) is 6.08 Å². The second-order valence-corrected chi connectivity index (χ2v) is 8.42. The predicted molar refractivity (Wildman–Crippen MR) is 118 cm³/mol. The number of hydrogen-bond donors (Lipinski definition) is 3. The van der Waals surface area contributed by atoms with Gasteiger partial charge in [0.25, 0.3) is 0 Å². The van der Waals surface area contributed by atoms with Gasteiger partial charge in [-0.15, -0.1) is 0 Å². The van der Waals surface area contributed by atoms with E-state index < -0.39 is 15.9 Å². The van der Waals surface area contributed by atoms with E-state index in [4.69, 9.17) is 47.0 Å². The Morgan fingerprint density at radius 2 is 1.67 bits per heavy atom. The molecule has 2 aromatic rings. The van der Waals surface area contributed by atoms with Crippen molar-refractivity contribution in [3.63, 3.8) is 0 Å². The van der Waals surface area contributed by atoms with Crippen LogP contribution in [-0.4, -0.2) is 21.0 Å². The van der Waals surface area contributed by atoms with Gasteiger partial charge in [0.15, 0.2) is 5.11 Å². The molecule has 0 aromatic heterocycles. The number of rotatable bonds is 5. The normalized spacial score (nSPS) is 12.4. The Balaban J connectivity index is 2.00. The van der Waals surface area contributed by atoms with Gasteiger partial charge in [-0.2, -0.15) is 0 Å². The Morgan fingerprint density at radius 1 is 1.04 bits per heavy atom. The Labute approximate surface area is 178 Å². The number of carbonyl (C=O) groups is 1. The lowest BCUT2D eigenvalue weighted by Gasteiger charge is -2.27. The van der Waals surface area contributed by atoms with Crippen molar-refractivity contribution in [3.05, 3.63) is 71.8 Å². The number of carbonyl (C=O) groups excluding carboxylic acids is 1. The first-order valence-electron chi connectivity index (χ1n) is 7.99. The fraction of sp³-hybridized carbons (Fsp3) is 0.158. The Kier molecular flexibility index (Phi) is 7.92. The molecule has 2 aromatic carbocycles. The van der Waals surface area contributed by atoms with E-state index in [1.165, 1.54) is 6.08 Å². The average Bonchev–Trinajstić information content (AvgIpc) is 2.61. The zero-order valence-electron chi connectivity index (χ0n) is 14.4. The number of aryl methyl sites for hydroxylation is 1. The monoisotopic (exact) mass is 441 g/mol. The molecule has 8 heteroatoms. The van der Waals surface area contributed by atoms with Crippen molar-refractivity contribution >= 4 is 69.8 Å². The smallest absolute Gasteiger partial charge is 0.245 e. The Bertz CT molecular complexity index is 822. The van der Waals surface area contributed by atoms with Crippen LogP contribution in [0.5, 0.6) is 0 Å². The Morgan fingerprint density at radius 3 is 2.30 bits per heavy atom. The quantitative estimate of drug-likeness (QED) is 0.269. The van der Waals surface area contributed by atoms with E-state index in [9.17, 15) is 4.79 Å². The zero-order chi connectivity index (χ0) is 19.9. The van der Waals surface area contributed by atoms with E-state index in [2.05, 4.69) is 16.0 Å². The fourth-order valence-corrected chi connectivity index (χ4v) is 2.68. The standard InChI is InChI=1S/C19H18Cl3N3OS/c1-13-7-5-6-10-15(13)23-18(27)25-17(19(20,21)22)24-16(26)12-11-14-8-3-2-4-9-14/h2-12,17H,1H3,(H,24,26)(H2,23,25,27)/b12-11+/t17-/m0/s1. The molecule has 0 radical (unpaired) electrons. The minimum atomic E-state index is -1.81. The first kappa shape index (κ1) is 21.5. The second kappa shape index (κ2) is 9.95. The van der Waals surface area contributed by atoms with E-state index in [0.29, 0.717) is 0 Å². The van der Waals surface area contributed by atoms with Crippen LogP contribution < -0.4 is 16.0 Å². The van der Waals surface area contributed by atoms with Crippen LogP contribution in [0.3, 0.4) is 0 Å². The third-order valence-corrected chi connectivity index (χ3v) is 4.38. The molecule has 0 aliphatic rings. The lowest BCUT2D eigenvalue weighted by atomic mass is 10.2. The summed E-state index contributed by atoms with van der Waals surface area (Å²) in [6.07, 6.45) is 1.99. The number of hydrogen-bond acceptors (Lipinski definition) is 2. The van der Waals surface area contributed by atoms with E-state index in [-0.39, 0.29) is 5.11 Å². The van der Waals surface area contributed by atoms with Crippen LogP contribution in [0, 0.1) is 6.92 Å². The molecular weight excluding hydrogens is 425 g/mol. The van der Waals surface area contributed by atoms with Gasteiger partial charge in [0, 0.05) is 11.8 Å². The number of benzene rings is 2. The highest BCUT2D eigenvalue weighted by Gasteiger charge is 2.34. The van der Waals surface area contributed by atoms with E-state index >= 15 is 0 Å². The van der Waals surface area contributed by atoms with Crippen LogP contribution in [-0.2, 0) is 4.79 Å². The molecule has 0 saturated carbocycles. The minimum absolute atomic E-state index is 0.216. The number of halogens is 3. The molecule has 0 aliphatic heterocycles. The first-order valence-corrected chi connectivity index (χ1v) is 9.53. The van der Waals surface area contributed by atoms with Crippen LogP contribution >= 0.6 is 47.0 Å². The number of nitrogens with one attached hydrogen (secondary N) is 3. The zero-order valence-corrected chi connectivity index (χ0v) is 17.5. The maximum atomic E-state index is 12.2. The summed E-state index contributed by atoms with van der Waals surface area (Å²) in [4.78, 5) is 12.2. The molecule has 0 heterocycles. The van der Waals surface area contributed by atoms with Crippen LogP contribution in [0.15, 0.2) is 60.7 Å². The van der Waals surface area contributed by atoms with Crippen molar-refractivity contribution in [2.45, 2.75) is 16.9 Å². The van der Waals surface area contributed by atoms with Gasteiger partial charge in [0.05, 0.1) is 0 Å². The largest absolute Gasteiger partial charge is 0.339 e. The molecule has 2 rings (SSSR count). The van der Waals surface area contributed by atoms with Crippen LogP contribution in [0.4, 0.5) is 5.69 Å². The lowest BCUT2D eigenvalue weighted by molar-refractivity contribution is -0.117. The second-order valence-electron chi connectivity index (χ2n) is 5.64. The van der Waals surface area contributed by atoms with Crippen molar-refractivity contribution in [3.8, 4) is 0 Å². The summed E-state index contributed by atoms with van der Waals surface area (Å²) >= 11 is 23.2. The van der Waals surface area contributed by atoms with Crippen molar-refractivity contribution in [2.24, 2.45) is 0 Å². The van der Waals surface area contributed by atoms with Gasteiger partial charge in [-0.3, -0.25) is 4.79 Å². The van der Waals surface area contributed by atoms with Crippen LogP contribution in [0.25, 0.3) is 6.08 Å². The van der Waals surface area contributed by atoms with E-state index in [1.807, 2.05) is 61.5 Å². The van der Waals surface area contributed by atoms with Gasteiger partial charge in [-0.25, -0.2) is 0 Å². The molecule has 1 atom stereocenters. The van der Waals surface area contributed by atoms with Crippen molar-refractivity contribution < 1.29 is 4.79 Å². The van der Waals surface area contributed by atoms with Gasteiger partial charge in [-0.05, 0) is 42.4 Å². The van der Waals surface area contributed by atoms with E-state index in [0.717, 1.165) is 16.8 Å². The maximum Gasteiger partial charge on any atom is 0.245 e. The topological polar surface area (TPSA) is 53.2 Å². The van der Waals surface area contributed by atoms with Crippen molar-refractivity contribution in [1.82, 2.24) is 10.6 Å². The number of para-hydroxylation sites is 1. The lowest BCUT2D eigenvalue weighted by Crippen LogP contribution is -2.55. The number of alkyl halides is 3. The molecule has 0 unspecified atom stereocenters. The van der Waals surface area contributed by atoms with Crippen molar-refractivity contribution in [2.75, 3.05) is 5.32 Å². The summed E-state index contributed by atoms with van der Waals surface area (Å²) in [5.41, 5.74) is 2.69. The molecule has 3 N–H and O–H groups in total. The highest BCUT2D eigenvalue weighted by molar-refractivity contribution is 7.80. The molecule has 142 valence electrons. The third kappa shape index (κ3) is 7.39. The summed E-state index contributed by atoms with van der Waals surface area (Å²) in [6, 6.07) is 17.0. The molecule has 4 nitrogen and oxygen atoms in total. The average molecular weight is 443 g/mol. The summed E-state index contributed by atoms with van der Waals surface area (Å²) in [5, 5.41) is 8.65. The summed E-state index contributed by atoms with van der Waals surface area (Å²) < 4.78 is -1.81. The highest BCUT2D eigenvalue weighted by atomic mass is 35.6. The van der Waals surface area contributed by atoms with Crippen molar-refractivity contribution in [1.29, 1.82) is 0 Å². The van der Waals surface area contributed by atoms with Gasteiger partial charge in [0.2, 0.25) is 9.70 Å². The predicted octanol–water partition coefficient (Wildman–Crippen LogP) is 4.81. The van der Waals surface area contributed by atoms with Gasteiger partial charge in [-0.1, -0.05) is 83.3 Å². The first-order chi connectivity index (χ1) is 12.8. The summed E-state index contributed by atoms with van der Waals surface area (Å²) in [6.45, 7) is 1.94. The molecule has 0 bridgehead atoms. The maximum absolute atomic E-state index is 12.2. The van der Waals surface area contributed by atoms with Crippen LogP contribution in [0.2, 0.25) is 0 Å². The number of thiocarbonyl (C=S) groups is 1. The fourth-order valence-electron chi connectivity index (χ4n) is 2.13. The van der Waals surface area contributed by atoms with Gasteiger partial charge < -0.3 is 16.0 Å². The molecule has 0 fully saturated rings. The molecule has 1 amide bonds. The molecular formula is C19H18Cl3N3OS. The SMILES string of the molecule is Cc1ccccc1NC(=S)N[C@H](NC(=O)/C=C/c1ccccc1)C(Cl)(Cl)Cl.